The maximum Gasteiger partial charge on any atom is 0.159 e. The van der Waals surface area contributed by atoms with E-state index in [4.69, 9.17) is 0 Å². The second-order valence-electron chi connectivity index (χ2n) is 4.70. The van der Waals surface area contributed by atoms with Gasteiger partial charge in [0.1, 0.15) is 0 Å². The Morgan fingerprint density at radius 1 is 1.11 bits per heavy atom. The summed E-state index contributed by atoms with van der Waals surface area (Å²) in [6.45, 7) is 0.739. The molecule has 0 spiro atoms. The van der Waals surface area contributed by atoms with Gasteiger partial charge in [0.25, 0.3) is 0 Å². The smallest absolute Gasteiger partial charge is 0.159 e. The van der Waals surface area contributed by atoms with Crippen LogP contribution in [0.15, 0.2) is 30.6 Å². The summed E-state index contributed by atoms with van der Waals surface area (Å²) in [4.78, 5) is 8.36. The van der Waals surface area contributed by atoms with Crippen LogP contribution < -0.4 is 5.32 Å². The summed E-state index contributed by atoms with van der Waals surface area (Å²) in [6.07, 6.45) is 5.87. The van der Waals surface area contributed by atoms with Crippen LogP contribution in [0.3, 0.4) is 0 Å². The molecule has 98 valence electrons. The van der Waals surface area contributed by atoms with Gasteiger partial charge < -0.3 is 5.32 Å². The van der Waals surface area contributed by atoms with Crippen LogP contribution in [0.2, 0.25) is 0 Å². The molecule has 5 heteroatoms. The van der Waals surface area contributed by atoms with Gasteiger partial charge in [-0.1, -0.05) is 0 Å². The van der Waals surface area contributed by atoms with Crippen molar-refractivity contribution in [1.82, 2.24) is 15.3 Å². The summed E-state index contributed by atoms with van der Waals surface area (Å²) in [7, 11) is 0. The SMILES string of the molecule is Fc1ccc(-c2ncc(CNC3CC3)cn2)cc1F. The fourth-order valence-corrected chi connectivity index (χ4v) is 1.78. The van der Waals surface area contributed by atoms with E-state index in [0.717, 1.165) is 24.2 Å². The lowest BCUT2D eigenvalue weighted by molar-refractivity contribution is 0.509. The van der Waals surface area contributed by atoms with Gasteiger partial charge in [0.2, 0.25) is 0 Å². The largest absolute Gasteiger partial charge is 0.310 e. The zero-order chi connectivity index (χ0) is 13.2. The third kappa shape index (κ3) is 2.93. The van der Waals surface area contributed by atoms with Crippen LogP contribution in [0.5, 0.6) is 0 Å². The molecule has 3 rings (SSSR count). The van der Waals surface area contributed by atoms with Crippen molar-refractivity contribution in [3.05, 3.63) is 47.8 Å². The van der Waals surface area contributed by atoms with Crippen molar-refractivity contribution in [2.24, 2.45) is 0 Å². The van der Waals surface area contributed by atoms with Crippen molar-refractivity contribution in [3.63, 3.8) is 0 Å². The Hall–Kier alpha value is -1.88. The molecule has 1 aliphatic carbocycles. The van der Waals surface area contributed by atoms with Crippen molar-refractivity contribution in [1.29, 1.82) is 0 Å². The van der Waals surface area contributed by atoms with E-state index >= 15 is 0 Å². The zero-order valence-corrected chi connectivity index (χ0v) is 10.2. The highest BCUT2D eigenvalue weighted by Crippen LogP contribution is 2.20. The first-order valence-corrected chi connectivity index (χ1v) is 6.22. The van der Waals surface area contributed by atoms with E-state index in [1.807, 2.05) is 0 Å². The van der Waals surface area contributed by atoms with Crippen LogP contribution in [0.4, 0.5) is 8.78 Å². The van der Waals surface area contributed by atoms with Crippen LogP contribution in [0, 0.1) is 11.6 Å². The molecule has 1 aromatic carbocycles. The van der Waals surface area contributed by atoms with Crippen molar-refractivity contribution >= 4 is 0 Å². The number of aromatic nitrogens is 2. The van der Waals surface area contributed by atoms with Gasteiger partial charge in [-0.15, -0.1) is 0 Å². The second kappa shape index (κ2) is 5.01. The highest BCUT2D eigenvalue weighted by atomic mass is 19.2. The topological polar surface area (TPSA) is 37.8 Å². The van der Waals surface area contributed by atoms with E-state index in [0.29, 0.717) is 17.4 Å². The van der Waals surface area contributed by atoms with Crippen LogP contribution in [0.25, 0.3) is 11.4 Å². The predicted octanol–water partition coefficient (Wildman–Crippen LogP) is 2.67. The van der Waals surface area contributed by atoms with Gasteiger partial charge >= 0.3 is 0 Å². The highest BCUT2D eigenvalue weighted by molar-refractivity contribution is 5.54. The summed E-state index contributed by atoms with van der Waals surface area (Å²) >= 11 is 0. The first-order valence-electron chi connectivity index (χ1n) is 6.22. The van der Waals surface area contributed by atoms with Gasteiger partial charge in [-0.05, 0) is 31.0 Å². The van der Waals surface area contributed by atoms with Crippen molar-refractivity contribution in [3.8, 4) is 11.4 Å². The Morgan fingerprint density at radius 3 is 2.47 bits per heavy atom. The van der Waals surface area contributed by atoms with Gasteiger partial charge in [-0.3, -0.25) is 0 Å². The average molecular weight is 261 g/mol. The molecule has 0 amide bonds. The van der Waals surface area contributed by atoms with Gasteiger partial charge in [0.15, 0.2) is 17.5 Å². The van der Waals surface area contributed by atoms with E-state index in [9.17, 15) is 8.78 Å². The molecule has 0 atom stereocenters. The van der Waals surface area contributed by atoms with Crippen LogP contribution in [-0.4, -0.2) is 16.0 Å². The van der Waals surface area contributed by atoms with Gasteiger partial charge in [-0.2, -0.15) is 0 Å². The van der Waals surface area contributed by atoms with E-state index < -0.39 is 11.6 Å². The summed E-state index contributed by atoms with van der Waals surface area (Å²) in [5, 5.41) is 3.36. The molecule has 0 unspecified atom stereocenters. The highest BCUT2D eigenvalue weighted by Gasteiger charge is 2.20. The number of nitrogens with one attached hydrogen (secondary N) is 1. The molecule has 1 fully saturated rings. The van der Waals surface area contributed by atoms with Crippen molar-refractivity contribution in [2.45, 2.75) is 25.4 Å². The van der Waals surface area contributed by atoms with Crippen LogP contribution >= 0.6 is 0 Å². The Labute approximate surface area is 109 Å². The molecule has 1 heterocycles. The molecule has 0 aliphatic heterocycles. The molecule has 0 saturated heterocycles. The molecular weight excluding hydrogens is 248 g/mol. The number of nitrogens with zero attached hydrogens (tertiary/aromatic N) is 2. The fraction of sp³-hybridized carbons (Fsp3) is 0.286. The Balaban J connectivity index is 1.74. The number of benzene rings is 1. The number of hydrogen-bond donors (Lipinski definition) is 1. The maximum atomic E-state index is 13.1. The summed E-state index contributed by atoms with van der Waals surface area (Å²) in [5.41, 5.74) is 1.46. The normalized spacial score (nSPS) is 14.6. The maximum absolute atomic E-state index is 13.1. The van der Waals surface area contributed by atoms with Gasteiger partial charge in [0, 0.05) is 36.1 Å². The monoisotopic (exact) mass is 261 g/mol. The molecule has 2 aromatic rings. The van der Waals surface area contributed by atoms with E-state index in [-0.39, 0.29) is 0 Å². The third-order valence-corrected chi connectivity index (χ3v) is 3.06. The lowest BCUT2D eigenvalue weighted by Crippen LogP contribution is -2.15. The third-order valence-electron chi connectivity index (χ3n) is 3.06. The molecule has 1 saturated carbocycles. The first-order chi connectivity index (χ1) is 9.22. The zero-order valence-electron chi connectivity index (χ0n) is 10.2. The number of halogens is 2. The number of hydrogen-bond acceptors (Lipinski definition) is 3. The van der Waals surface area contributed by atoms with Crippen LogP contribution in [-0.2, 0) is 6.54 Å². The summed E-state index contributed by atoms with van der Waals surface area (Å²) < 4.78 is 26.0. The minimum absolute atomic E-state index is 0.397. The Morgan fingerprint density at radius 2 is 1.84 bits per heavy atom. The van der Waals surface area contributed by atoms with Crippen LogP contribution in [0.1, 0.15) is 18.4 Å². The standard InChI is InChI=1S/C14H13F2N3/c15-12-4-1-10(5-13(12)16)14-18-7-9(8-19-14)6-17-11-2-3-11/h1,4-5,7-8,11,17H,2-3,6H2. The molecular formula is C14H13F2N3. The molecule has 1 N–H and O–H groups in total. The fourth-order valence-electron chi connectivity index (χ4n) is 1.78. The average Bonchev–Trinajstić information content (AvgIpc) is 3.24. The summed E-state index contributed by atoms with van der Waals surface area (Å²) in [6, 6.07) is 4.28. The molecule has 0 radical (unpaired) electrons. The van der Waals surface area contributed by atoms with Crippen molar-refractivity contribution in [2.75, 3.05) is 0 Å². The van der Waals surface area contributed by atoms with E-state index in [1.165, 1.54) is 18.9 Å². The minimum atomic E-state index is -0.888. The molecule has 0 bridgehead atoms. The predicted molar refractivity (Wildman–Crippen MR) is 67.2 cm³/mol. The first kappa shape index (κ1) is 12.2. The van der Waals surface area contributed by atoms with Crippen molar-refractivity contribution < 1.29 is 8.78 Å². The molecule has 1 aromatic heterocycles. The molecule has 3 nitrogen and oxygen atoms in total. The second-order valence-corrected chi connectivity index (χ2v) is 4.70. The van der Waals surface area contributed by atoms with E-state index in [2.05, 4.69) is 15.3 Å². The molecule has 1 aliphatic rings. The quantitative estimate of drug-likeness (QED) is 0.919. The van der Waals surface area contributed by atoms with E-state index in [1.54, 1.807) is 12.4 Å². The number of rotatable bonds is 4. The minimum Gasteiger partial charge on any atom is -0.310 e. The van der Waals surface area contributed by atoms with Gasteiger partial charge in [-0.25, -0.2) is 18.7 Å². The Bertz CT molecular complexity index is 580. The Kier molecular flexibility index (Phi) is 3.21. The lowest BCUT2D eigenvalue weighted by atomic mass is 10.2. The molecule has 19 heavy (non-hydrogen) atoms. The van der Waals surface area contributed by atoms with Gasteiger partial charge in [0.05, 0.1) is 0 Å². The lowest BCUT2D eigenvalue weighted by Gasteiger charge is -2.04. The summed E-state index contributed by atoms with van der Waals surface area (Å²) in [5.74, 6) is -1.36.